The van der Waals surface area contributed by atoms with Gasteiger partial charge in [0.1, 0.15) is 0 Å². The summed E-state index contributed by atoms with van der Waals surface area (Å²) in [5.41, 5.74) is 0. The molecular weight excluding hydrogens is 100 g/mol. The van der Waals surface area contributed by atoms with Gasteiger partial charge in [-0.3, -0.25) is 0 Å². The molecule has 0 amide bonds. The highest BCUT2D eigenvalue weighted by molar-refractivity contribution is 4.90. The highest BCUT2D eigenvalue weighted by Gasteiger charge is 2.42. The van der Waals surface area contributed by atoms with Gasteiger partial charge in [0.15, 0.2) is 0 Å². The number of epoxide rings is 1. The molecule has 3 atom stereocenters. The Morgan fingerprint density at radius 1 is 1.25 bits per heavy atom. The lowest BCUT2D eigenvalue weighted by Crippen LogP contribution is -2.09. The average Bonchev–Trinajstić information content (AvgIpc) is 2.43. The van der Waals surface area contributed by atoms with Crippen LogP contribution in [0.2, 0.25) is 0 Å². The van der Waals surface area contributed by atoms with E-state index in [4.69, 9.17) is 4.74 Å². The molecule has 0 spiro atoms. The summed E-state index contributed by atoms with van der Waals surface area (Å²) in [6.45, 7) is 2.32. The van der Waals surface area contributed by atoms with Gasteiger partial charge < -0.3 is 4.74 Å². The summed E-state index contributed by atoms with van der Waals surface area (Å²) in [6, 6.07) is 0. The minimum atomic E-state index is 0.679. The fraction of sp³-hybridized carbons (Fsp3) is 1.00. The van der Waals surface area contributed by atoms with Gasteiger partial charge in [-0.15, -0.1) is 0 Å². The first kappa shape index (κ1) is 4.80. The van der Waals surface area contributed by atoms with Crippen LogP contribution >= 0.6 is 0 Å². The molecule has 1 heteroatoms. The molecule has 0 unspecified atom stereocenters. The van der Waals surface area contributed by atoms with E-state index in [0.29, 0.717) is 12.2 Å². The molecule has 2 aliphatic rings. The van der Waals surface area contributed by atoms with E-state index in [1.807, 2.05) is 0 Å². The van der Waals surface area contributed by atoms with E-state index >= 15 is 0 Å². The van der Waals surface area contributed by atoms with E-state index in [-0.39, 0.29) is 0 Å². The lowest BCUT2D eigenvalue weighted by Gasteiger charge is -2.11. The van der Waals surface area contributed by atoms with Crippen LogP contribution in [0.5, 0.6) is 0 Å². The quantitative estimate of drug-likeness (QED) is 0.433. The summed E-state index contributed by atoms with van der Waals surface area (Å²) >= 11 is 0. The van der Waals surface area contributed by atoms with Gasteiger partial charge in [-0.1, -0.05) is 6.92 Å². The number of hydrogen-bond acceptors (Lipinski definition) is 1. The van der Waals surface area contributed by atoms with Crippen molar-refractivity contribution in [2.24, 2.45) is 5.92 Å². The molecule has 2 fully saturated rings. The van der Waals surface area contributed by atoms with Crippen molar-refractivity contribution in [2.75, 3.05) is 0 Å². The van der Waals surface area contributed by atoms with Crippen LogP contribution in [0.4, 0.5) is 0 Å². The third-order valence-electron chi connectivity index (χ3n) is 2.27. The molecule has 0 aromatic heterocycles. The number of rotatable bonds is 0. The van der Waals surface area contributed by atoms with Crippen molar-refractivity contribution >= 4 is 0 Å². The summed E-state index contributed by atoms with van der Waals surface area (Å²) < 4.78 is 5.35. The molecule has 0 aromatic rings. The van der Waals surface area contributed by atoms with E-state index in [9.17, 15) is 0 Å². The molecule has 0 N–H and O–H groups in total. The Kier molecular flexibility index (Phi) is 0.884. The van der Waals surface area contributed by atoms with Crippen molar-refractivity contribution in [3.05, 3.63) is 0 Å². The van der Waals surface area contributed by atoms with E-state index in [0.717, 1.165) is 5.92 Å². The van der Waals surface area contributed by atoms with E-state index < -0.39 is 0 Å². The van der Waals surface area contributed by atoms with Gasteiger partial charge in [-0.25, -0.2) is 0 Å². The first-order valence-electron chi connectivity index (χ1n) is 3.52. The summed E-state index contributed by atoms with van der Waals surface area (Å²) in [6.07, 6.45) is 5.41. The number of hydrogen-bond donors (Lipinski definition) is 0. The molecule has 1 aliphatic carbocycles. The summed E-state index contributed by atoms with van der Waals surface area (Å²) in [4.78, 5) is 0. The van der Waals surface area contributed by atoms with Crippen LogP contribution in [0.3, 0.4) is 0 Å². The topological polar surface area (TPSA) is 12.5 Å². The first-order valence-corrected chi connectivity index (χ1v) is 3.52. The van der Waals surface area contributed by atoms with Gasteiger partial charge in [-0.2, -0.15) is 0 Å². The van der Waals surface area contributed by atoms with Crippen molar-refractivity contribution in [3.8, 4) is 0 Å². The van der Waals surface area contributed by atoms with Crippen LogP contribution in [0, 0.1) is 5.92 Å². The molecule has 0 bridgehead atoms. The zero-order valence-electron chi connectivity index (χ0n) is 5.26. The van der Waals surface area contributed by atoms with Gasteiger partial charge in [0, 0.05) is 0 Å². The number of ether oxygens (including phenoxy) is 1. The van der Waals surface area contributed by atoms with Crippen molar-refractivity contribution in [1.29, 1.82) is 0 Å². The Morgan fingerprint density at radius 2 is 2.12 bits per heavy atom. The van der Waals surface area contributed by atoms with Crippen LogP contribution in [0.15, 0.2) is 0 Å². The minimum absolute atomic E-state index is 0.679. The Hall–Kier alpha value is -0.0400. The number of fused-ring (bicyclic) bond motifs is 1. The van der Waals surface area contributed by atoms with Crippen molar-refractivity contribution in [2.45, 2.75) is 38.4 Å². The maximum Gasteiger partial charge on any atom is 0.0844 e. The lowest BCUT2D eigenvalue weighted by atomic mass is 9.91. The van der Waals surface area contributed by atoms with Crippen LogP contribution in [-0.2, 0) is 4.74 Å². The van der Waals surface area contributed by atoms with Gasteiger partial charge in [-0.05, 0) is 25.2 Å². The molecule has 0 radical (unpaired) electrons. The van der Waals surface area contributed by atoms with Gasteiger partial charge in [0.05, 0.1) is 12.2 Å². The molecule has 1 saturated carbocycles. The second-order valence-corrected chi connectivity index (χ2v) is 3.13. The predicted octanol–water partition coefficient (Wildman–Crippen LogP) is 1.57. The van der Waals surface area contributed by atoms with Crippen LogP contribution in [0.25, 0.3) is 0 Å². The summed E-state index contributed by atoms with van der Waals surface area (Å²) in [5, 5.41) is 0. The SMILES string of the molecule is C[C@H]1CC[C@H]2O[C@@H]2C1. The summed E-state index contributed by atoms with van der Waals surface area (Å²) in [7, 11) is 0. The van der Waals surface area contributed by atoms with Crippen LogP contribution in [0.1, 0.15) is 26.2 Å². The van der Waals surface area contributed by atoms with Gasteiger partial charge in [0.2, 0.25) is 0 Å². The standard InChI is InChI=1S/C7H12O/c1-5-2-3-6-7(4-5)8-6/h5-7H,2-4H2,1H3/t5-,6+,7+/m0/s1. The minimum Gasteiger partial charge on any atom is -0.370 e. The smallest absolute Gasteiger partial charge is 0.0844 e. The molecule has 2 rings (SSSR count). The maximum atomic E-state index is 5.35. The molecule has 1 saturated heterocycles. The largest absolute Gasteiger partial charge is 0.370 e. The third kappa shape index (κ3) is 0.655. The maximum absolute atomic E-state index is 5.35. The third-order valence-corrected chi connectivity index (χ3v) is 2.27. The zero-order chi connectivity index (χ0) is 5.56. The highest BCUT2D eigenvalue weighted by Crippen LogP contribution is 2.38. The van der Waals surface area contributed by atoms with Crippen LogP contribution < -0.4 is 0 Å². The Bertz CT molecular complexity index is 101. The molecule has 0 aromatic carbocycles. The molecular formula is C7H12O. The Labute approximate surface area is 50.0 Å². The van der Waals surface area contributed by atoms with Crippen LogP contribution in [-0.4, -0.2) is 12.2 Å². The Balaban J connectivity index is 1.93. The van der Waals surface area contributed by atoms with Gasteiger partial charge >= 0.3 is 0 Å². The van der Waals surface area contributed by atoms with Crippen molar-refractivity contribution in [1.82, 2.24) is 0 Å². The lowest BCUT2D eigenvalue weighted by molar-refractivity contribution is 0.367. The molecule has 1 nitrogen and oxygen atoms in total. The molecule has 1 aliphatic heterocycles. The van der Waals surface area contributed by atoms with E-state index in [2.05, 4.69) is 6.92 Å². The predicted molar refractivity (Wildman–Crippen MR) is 31.7 cm³/mol. The normalized spacial score (nSPS) is 52.9. The first-order chi connectivity index (χ1) is 3.86. The van der Waals surface area contributed by atoms with Crippen molar-refractivity contribution < 1.29 is 4.74 Å². The fourth-order valence-electron chi connectivity index (χ4n) is 1.60. The second kappa shape index (κ2) is 1.47. The second-order valence-electron chi connectivity index (χ2n) is 3.13. The Morgan fingerprint density at radius 3 is 2.75 bits per heavy atom. The fourth-order valence-corrected chi connectivity index (χ4v) is 1.60. The van der Waals surface area contributed by atoms with E-state index in [1.54, 1.807) is 0 Å². The molecule has 1 heterocycles. The van der Waals surface area contributed by atoms with Crippen molar-refractivity contribution in [3.63, 3.8) is 0 Å². The van der Waals surface area contributed by atoms with E-state index in [1.165, 1.54) is 19.3 Å². The summed E-state index contributed by atoms with van der Waals surface area (Å²) in [5.74, 6) is 0.929. The molecule has 46 valence electrons. The van der Waals surface area contributed by atoms with Gasteiger partial charge in [0.25, 0.3) is 0 Å². The molecule has 8 heavy (non-hydrogen) atoms. The average molecular weight is 112 g/mol. The zero-order valence-corrected chi connectivity index (χ0v) is 5.26. The monoisotopic (exact) mass is 112 g/mol. The highest BCUT2D eigenvalue weighted by atomic mass is 16.6.